The van der Waals surface area contributed by atoms with E-state index in [1.165, 1.54) is 12.1 Å². The number of carbonyl (C=O) groups is 1. The normalized spacial score (nSPS) is 38.6. The maximum Gasteiger partial charge on any atom is 0.315 e. The highest BCUT2D eigenvalue weighted by molar-refractivity contribution is 7.86. The Bertz CT molecular complexity index is 770. The van der Waals surface area contributed by atoms with Crippen LogP contribution in [0.2, 0.25) is 0 Å². The number of hydrogen-bond acceptors (Lipinski definition) is 6. The molecule has 3 saturated heterocycles. The monoisotopic (exact) mass is 338 g/mol. The molecule has 3 fully saturated rings. The van der Waals surface area contributed by atoms with Gasteiger partial charge in [0.1, 0.15) is 12.0 Å². The van der Waals surface area contributed by atoms with E-state index >= 15 is 0 Å². The van der Waals surface area contributed by atoms with Gasteiger partial charge in [0.05, 0.1) is 16.9 Å². The second kappa shape index (κ2) is 4.55. The van der Waals surface area contributed by atoms with Gasteiger partial charge in [0.2, 0.25) is 0 Å². The largest absolute Gasteiger partial charge is 0.465 e. The van der Waals surface area contributed by atoms with Crippen LogP contribution in [-0.4, -0.2) is 32.9 Å². The predicted octanol–water partition coefficient (Wildman–Crippen LogP) is 1.77. The fourth-order valence-corrected chi connectivity index (χ4v) is 5.17. The Morgan fingerprint density at radius 3 is 2.65 bits per heavy atom. The molecule has 3 aliphatic heterocycles. The van der Waals surface area contributed by atoms with Crippen LogP contribution in [0, 0.1) is 18.3 Å². The molecule has 4 atom stereocenters. The molecule has 7 heteroatoms. The molecule has 0 unspecified atom stereocenters. The highest BCUT2D eigenvalue weighted by atomic mass is 32.2. The van der Waals surface area contributed by atoms with E-state index in [1.54, 1.807) is 19.1 Å². The van der Waals surface area contributed by atoms with E-state index in [0.29, 0.717) is 12.8 Å². The molecule has 0 radical (unpaired) electrons. The minimum absolute atomic E-state index is 0.0865. The topological polar surface area (TPSA) is 78.9 Å². The maximum atomic E-state index is 12.6. The first-order valence-electron chi connectivity index (χ1n) is 7.65. The summed E-state index contributed by atoms with van der Waals surface area (Å²) in [6.07, 6.45) is 0.682. The smallest absolute Gasteiger partial charge is 0.315 e. The van der Waals surface area contributed by atoms with Crippen LogP contribution in [-0.2, 0) is 28.6 Å². The van der Waals surface area contributed by atoms with Crippen molar-refractivity contribution in [3.05, 3.63) is 29.8 Å². The molecule has 6 nitrogen and oxygen atoms in total. The lowest BCUT2D eigenvalue weighted by Crippen LogP contribution is -2.46. The van der Waals surface area contributed by atoms with Crippen molar-refractivity contribution in [3.8, 4) is 0 Å². The lowest BCUT2D eigenvalue weighted by atomic mass is 9.68. The Morgan fingerprint density at radius 2 is 1.96 bits per heavy atom. The van der Waals surface area contributed by atoms with E-state index in [9.17, 15) is 13.2 Å². The van der Waals surface area contributed by atoms with Crippen LogP contribution in [0.4, 0.5) is 0 Å². The van der Waals surface area contributed by atoms with E-state index < -0.39 is 27.2 Å². The van der Waals surface area contributed by atoms with Gasteiger partial charge in [0.25, 0.3) is 10.1 Å². The molecular formula is C16H18O6S. The Balaban J connectivity index is 1.69. The number of hydrogen-bond donors (Lipinski definition) is 0. The molecule has 1 aromatic carbocycles. The number of esters is 1. The Morgan fingerprint density at radius 1 is 1.26 bits per heavy atom. The van der Waals surface area contributed by atoms with Crippen LogP contribution in [0.25, 0.3) is 0 Å². The summed E-state index contributed by atoms with van der Waals surface area (Å²) in [5.74, 6) is -2.03. The van der Waals surface area contributed by atoms with E-state index in [4.69, 9.17) is 13.7 Å². The zero-order valence-corrected chi connectivity index (χ0v) is 13.8. The minimum Gasteiger partial charge on any atom is -0.465 e. The van der Waals surface area contributed by atoms with Crippen molar-refractivity contribution in [2.45, 2.75) is 43.5 Å². The number of rotatable bonds is 3. The number of benzene rings is 1. The molecule has 0 aromatic heterocycles. The lowest BCUT2D eigenvalue weighted by molar-refractivity contribution is -0.166. The van der Waals surface area contributed by atoms with Crippen LogP contribution in [0.1, 0.15) is 25.3 Å². The summed E-state index contributed by atoms with van der Waals surface area (Å²) in [6.45, 7) is 3.79. The van der Waals surface area contributed by atoms with Crippen LogP contribution in [0.5, 0.6) is 0 Å². The molecule has 0 N–H and O–H groups in total. The number of aryl methyl sites for hydroxylation is 1. The van der Waals surface area contributed by atoms with Crippen molar-refractivity contribution in [2.75, 3.05) is 6.61 Å². The van der Waals surface area contributed by atoms with Gasteiger partial charge in [-0.3, -0.25) is 4.79 Å². The van der Waals surface area contributed by atoms with Gasteiger partial charge in [0, 0.05) is 6.42 Å². The van der Waals surface area contributed by atoms with Gasteiger partial charge in [-0.15, -0.1) is 0 Å². The molecule has 23 heavy (non-hydrogen) atoms. The quantitative estimate of drug-likeness (QED) is 0.617. The molecule has 0 aliphatic carbocycles. The van der Waals surface area contributed by atoms with E-state index in [-0.39, 0.29) is 23.6 Å². The third-order valence-corrected chi connectivity index (χ3v) is 6.75. The third-order valence-electron chi connectivity index (χ3n) is 5.40. The number of fused-ring (bicyclic) bond motifs is 5. The van der Waals surface area contributed by atoms with Crippen LogP contribution in [0.3, 0.4) is 0 Å². The average molecular weight is 338 g/mol. The minimum atomic E-state index is -3.98. The highest BCUT2D eigenvalue weighted by Crippen LogP contribution is 2.61. The molecule has 3 heterocycles. The third kappa shape index (κ3) is 1.93. The zero-order valence-electron chi connectivity index (χ0n) is 12.9. The summed E-state index contributed by atoms with van der Waals surface area (Å²) >= 11 is 0. The second-order valence-corrected chi connectivity index (χ2v) is 8.29. The first-order chi connectivity index (χ1) is 10.8. The van der Waals surface area contributed by atoms with Gasteiger partial charge in [-0.25, -0.2) is 4.18 Å². The van der Waals surface area contributed by atoms with Gasteiger partial charge in [0.15, 0.2) is 5.79 Å². The molecule has 1 aromatic rings. The molecule has 0 spiro atoms. The van der Waals surface area contributed by atoms with Crippen LogP contribution >= 0.6 is 0 Å². The lowest BCUT2D eigenvalue weighted by Gasteiger charge is -2.33. The number of cyclic esters (lactones) is 1. The predicted molar refractivity (Wildman–Crippen MR) is 78.8 cm³/mol. The van der Waals surface area contributed by atoms with E-state index in [2.05, 4.69) is 0 Å². The van der Waals surface area contributed by atoms with Gasteiger partial charge in [-0.05, 0) is 32.4 Å². The van der Waals surface area contributed by atoms with Crippen molar-refractivity contribution in [3.63, 3.8) is 0 Å². The maximum absolute atomic E-state index is 12.6. The van der Waals surface area contributed by atoms with Gasteiger partial charge >= 0.3 is 5.97 Å². The second-order valence-electron chi connectivity index (χ2n) is 6.74. The summed E-state index contributed by atoms with van der Waals surface area (Å²) < 4.78 is 41.9. The molecule has 4 rings (SSSR count). The average Bonchev–Trinajstić information content (AvgIpc) is 3.10. The van der Waals surface area contributed by atoms with Gasteiger partial charge in [-0.1, -0.05) is 17.7 Å². The van der Waals surface area contributed by atoms with Gasteiger partial charge < -0.3 is 9.47 Å². The van der Waals surface area contributed by atoms with Crippen molar-refractivity contribution in [1.29, 1.82) is 0 Å². The summed E-state index contributed by atoms with van der Waals surface area (Å²) in [4.78, 5) is 12.2. The van der Waals surface area contributed by atoms with Crippen molar-refractivity contribution in [2.24, 2.45) is 11.3 Å². The van der Waals surface area contributed by atoms with Crippen molar-refractivity contribution < 1.29 is 26.9 Å². The van der Waals surface area contributed by atoms with Gasteiger partial charge in [-0.2, -0.15) is 8.42 Å². The SMILES string of the molecule is Cc1ccc(S(=O)(=O)O[C@@]23CC[C@@H](O2)[C@]2(C)C(=O)OC[C@@H]32)cc1. The Kier molecular flexibility index (Phi) is 2.99. The molecule has 3 aliphatic rings. The molecule has 2 bridgehead atoms. The van der Waals surface area contributed by atoms with E-state index in [0.717, 1.165) is 5.56 Å². The summed E-state index contributed by atoms with van der Waals surface area (Å²) in [7, 11) is -3.98. The summed E-state index contributed by atoms with van der Waals surface area (Å²) in [5, 5.41) is 0. The Labute approximate surface area is 134 Å². The summed E-state index contributed by atoms with van der Waals surface area (Å²) in [6, 6.07) is 6.46. The fourth-order valence-electron chi connectivity index (χ4n) is 4.00. The molecule has 0 saturated carbocycles. The highest BCUT2D eigenvalue weighted by Gasteiger charge is 2.74. The molecule has 0 amide bonds. The first-order valence-corrected chi connectivity index (χ1v) is 9.06. The first kappa shape index (κ1) is 15.1. The Hall–Kier alpha value is -1.44. The van der Waals surface area contributed by atoms with Crippen molar-refractivity contribution in [1.82, 2.24) is 0 Å². The fraction of sp³-hybridized carbons (Fsp3) is 0.562. The molecule has 124 valence electrons. The van der Waals surface area contributed by atoms with E-state index in [1.807, 2.05) is 6.92 Å². The standard InChI is InChI=1S/C16H18O6S/c1-10-3-5-11(6-4-10)23(18,19)22-16-8-7-13(21-16)15(2)12(16)9-20-14(15)17/h3-6,12-13H,7-9H2,1-2H3/t12-,13-,15-,16-/m1/s1. The molecular weight excluding hydrogens is 320 g/mol. The van der Waals surface area contributed by atoms with Crippen molar-refractivity contribution >= 4 is 16.1 Å². The van der Waals surface area contributed by atoms with Crippen LogP contribution in [0.15, 0.2) is 29.2 Å². The van der Waals surface area contributed by atoms with Crippen LogP contribution < -0.4 is 0 Å². The number of carbonyl (C=O) groups excluding carboxylic acids is 1. The summed E-state index contributed by atoms with van der Waals surface area (Å²) in [5.41, 5.74) is 0.142. The number of ether oxygens (including phenoxy) is 2. The zero-order chi connectivity index (χ0) is 16.5.